The van der Waals surface area contributed by atoms with Gasteiger partial charge in [-0.1, -0.05) is 34.8 Å². The van der Waals surface area contributed by atoms with Crippen LogP contribution < -0.4 is 0 Å². The maximum absolute atomic E-state index is 11.3. The molecule has 0 spiro atoms. The molecule has 1 heterocycles. The van der Waals surface area contributed by atoms with Crippen LogP contribution in [0, 0.1) is 0 Å². The van der Waals surface area contributed by atoms with Crippen molar-refractivity contribution < 1.29 is 9.53 Å². The highest BCUT2D eigenvalue weighted by Crippen LogP contribution is 2.27. The molecule has 0 aromatic rings. The molecule has 1 aliphatic rings. The number of ether oxygens (including phenoxy) is 1. The molecule has 0 radical (unpaired) electrons. The van der Waals surface area contributed by atoms with Crippen LogP contribution in [0.2, 0.25) is 0 Å². The molecule has 4 nitrogen and oxygen atoms in total. The van der Waals surface area contributed by atoms with Gasteiger partial charge in [0.15, 0.2) is 0 Å². The Morgan fingerprint density at radius 3 is 2.33 bits per heavy atom. The zero-order chi connectivity index (χ0) is 11.5. The molecule has 0 N–H and O–H groups in total. The van der Waals surface area contributed by atoms with Crippen LogP contribution in [0.1, 0.15) is 6.92 Å². The second-order valence-electron chi connectivity index (χ2n) is 3.06. The van der Waals surface area contributed by atoms with Gasteiger partial charge in [0.05, 0.1) is 13.2 Å². The van der Waals surface area contributed by atoms with Gasteiger partial charge in [0.25, 0.3) is 9.70 Å². The topological polar surface area (TPSA) is 41.9 Å². The van der Waals surface area contributed by atoms with E-state index < -0.39 is 9.70 Å². The summed E-state index contributed by atoms with van der Waals surface area (Å²) in [6, 6.07) is 0. The number of hydrogen-bond acceptors (Lipinski definition) is 2. The molecule has 1 aliphatic heterocycles. The Balaban J connectivity index is 2.62. The van der Waals surface area contributed by atoms with E-state index >= 15 is 0 Å². The van der Waals surface area contributed by atoms with Crippen LogP contribution in [0.25, 0.3) is 0 Å². The normalized spacial score (nSPS) is 19.2. The molecule has 0 aromatic heterocycles. The molecule has 0 unspecified atom stereocenters. The van der Waals surface area contributed by atoms with Crippen LogP contribution in [0.15, 0.2) is 4.99 Å². The average Bonchev–Trinajstić information content (AvgIpc) is 2.17. The van der Waals surface area contributed by atoms with E-state index in [0.717, 1.165) is 0 Å². The predicted molar refractivity (Wildman–Crippen MR) is 60.8 cm³/mol. The predicted octanol–water partition coefficient (Wildman–Crippen LogP) is 1.63. The highest BCUT2D eigenvalue weighted by Gasteiger charge is 2.30. The second-order valence-corrected chi connectivity index (χ2v) is 5.34. The molecule has 7 heteroatoms. The molecule has 0 saturated carbocycles. The first-order chi connectivity index (χ1) is 6.91. The number of hydrogen-bond donors (Lipinski definition) is 0. The summed E-state index contributed by atoms with van der Waals surface area (Å²) in [4.78, 5) is 16.9. The summed E-state index contributed by atoms with van der Waals surface area (Å²) >= 11 is 16.2. The van der Waals surface area contributed by atoms with Gasteiger partial charge in [0.1, 0.15) is 5.84 Å². The fraction of sp³-hybridized carbons (Fsp3) is 0.750. The number of amides is 1. The van der Waals surface area contributed by atoms with Crippen LogP contribution in [0.4, 0.5) is 0 Å². The molecule has 1 fully saturated rings. The zero-order valence-electron chi connectivity index (χ0n) is 8.17. The van der Waals surface area contributed by atoms with Gasteiger partial charge in [-0.25, -0.2) is 0 Å². The largest absolute Gasteiger partial charge is 0.378 e. The lowest BCUT2D eigenvalue weighted by Crippen LogP contribution is -2.40. The van der Waals surface area contributed by atoms with Crippen molar-refractivity contribution in [3.8, 4) is 0 Å². The fourth-order valence-electron chi connectivity index (χ4n) is 1.17. The van der Waals surface area contributed by atoms with Crippen LogP contribution in [-0.2, 0) is 9.53 Å². The van der Waals surface area contributed by atoms with Gasteiger partial charge in [-0.2, -0.15) is 4.99 Å². The molecule has 1 saturated heterocycles. The number of aliphatic imine (C=N–C) groups is 1. The van der Waals surface area contributed by atoms with E-state index in [1.165, 1.54) is 0 Å². The third-order valence-electron chi connectivity index (χ3n) is 1.97. The lowest BCUT2D eigenvalue weighted by atomic mass is 10.4. The van der Waals surface area contributed by atoms with Crippen LogP contribution in [0.3, 0.4) is 0 Å². The first kappa shape index (κ1) is 13.0. The second kappa shape index (κ2) is 5.34. The molecule has 0 bridgehead atoms. The van der Waals surface area contributed by atoms with E-state index in [-0.39, 0.29) is 0 Å². The molecule has 0 aromatic carbocycles. The Morgan fingerprint density at radius 1 is 1.33 bits per heavy atom. The number of rotatable bonds is 0. The van der Waals surface area contributed by atoms with Crippen molar-refractivity contribution in [2.45, 2.75) is 10.7 Å². The number of nitrogens with zero attached hydrogens (tertiary/aromatic N) is 2. The Bertz CT molecular complexity index is 270. The molecule has 0 atom stereocenters. The minimum atomic E-state index is -1.98. The van der Waals surface area contributed by atoms with Crippen LogP contribution >= 0.6 is 34.8 Å². The molecular weight excluding hydrogens is 262 g/mol. The summed E-state index contributed by atoms with van der Waals surface area (Å²) in [6.07, 6.45) is 0. The number of alkyl halides is 3. The van der Waals surface area contributed by atoms with Crippen molar-refractivity contribution in [2.24, 2.45) is 4.99 Å². The molecule has 15 heavy (non-hydrogen) atoms. The van der Waals surface area contributed by atoms with Gasteiger partial charge in [-0.15, -0.1) is 0 Å². The fourth-order valence-corrected chi connectivity index (χ4v) is 1.29. The van der Waals surface area contributed by atoms with Crippen molar-refractivity contribution >= 4 is 46.5 Å². The molecule has 0 aliphatic carbocycles. The number of halogens is 3. The maximum Gasteiger partial charge on any atom is 0.299 e. The number of carbonyl (C=O) groups excluding carboxylic acids is 1. The SMILES string of the molecule is CC(=NC(=O)C(Cl)(Cl)Cl)N1CCOCC1. The molecule has 1 rings (SSSR count). The van der Waals surface area contributed by atoms with Crippen molar-refractivity contribution in [1.29, 1.82) is 0 Å². The van der Waals surface area contributed by atoms with E-state index in [1.807, 2.05) is 4.90 Å². The van der Waals surface area contributed by atoms with E-state index in [1.54, 1.807) is 6.92 Å². The first-order valence-electron chi connectivity index (χ1n) is 4.40. The van der Waals surface area contributed by atoms with Gasteiger partial charge >= 0.3 is 0 Å². The summed E-state index contributed by atoms with van der Waals surface area (Å²) in [5.74, 6) is -0.217. The Kier molecular flexibility index (Phi) is 4.64. The van der Waals surface area contributed by atoms with Gasteiger partial charge in [-0.05, 0) is 6.92 Å². The first-order valence-corrected chi connectivity index (χ1v) is 5.54. The van der Waals surface area contributed by atoms with Crippen molar-refractivity contribution in [2.75, 3.05) is 26.3 Å². The van der Waals surface area contributed by atoms with Gasteiger partial charge < -0.3 is 9.64 Å². The minimum absolute atomic E-state index is 0.551. The van der Waals surface area contributed by atoms with Gasteiger partial charge in [-0.3, -0.25) is 4.79 Å². The Labute approximate surface area is 103 Å². The average molecular weight is 274 g/mol. The van der Waals surface area contributed by atoms with E-state index in [2.05, 4.69) is 4.99 Å². The lowest BCUT2D eigenvalue weighted by Gasteiger charge is -2.28. The molecule has 1 amide bonds. The maximum atomic E-state index is 11.3. The summed E-state index contributed by atoms with van der Waals surface area (Å²) in [7, 11) is 0. The summed E-state index contributed by atoms with van der Waals surface area (Å²) in [5, 5.41) is 0. The third kappa shape index (κ3) is 4.15. The Hall–Kier alpha value is -0.0300. The van der Waals surface area contributed by atoms with Gasteiger partial charge in [0, 0.05) is 13.1 Å². The number of carbonyl (C=O) groups is 1. The summed E-state index contributed by atoms with van der Waals surface area (Å²) in [6.45, 7) is 4.34. The molecule has 86 valence electrons. The highest BCUT2D eigenvalue weighted by molar-refractivity contribution is 6.76. The summed E-state index contributed by atoms with van der Waals surface area (Å²) in [5.41, 5.74) is 0. The van der Waals surface area contributed by atoms with E-state index in [4.69, 9.17) is 39.5 Å². The Morgan fingerprint density at radius 2 is 1.87 bits per heavy atom. The highest BCUT2D eigenvalue weighted by atomic mass is 35.6. The van der Waals surface area contributed by atoms with E-state index in [0.29, 0.717) is 32.1 Å². The van der Waals surface area contributed by atoms with Gasteiger partial charge in [0.2, 0.25) is 0 Å². The quantitative estimate of drug-likeness (QED) is 0.383. The van der Waals surface area contributed by atoms with Crippen molar-refractivity contribution in [1.82, 2.24) is 4.90 Å². The number of morpholine rings is 1. The summed E-state index contributed by atoms with van der Waals surface area (Å²) < 4.78 is 3.18. The zero-order valence-corrected chi connectivity index (χ0v) is 10.4. The third-order valence-corrected chi connectivity index (χ3v) is 2.46. The monoisotopic (exact) mass is 272 g/mol. The van der Waals surface area contributed by atoms with Crippen molar-refractivity contribution in [3.63, 3.8) is 0 Å². The van der Waals surface area contributed by atoms with Crippen molar-refractivity contribution in [3.05, 3.63) is 0 Å². The van der Waals surface area contributed by atoms with Crippen LogP contribution in [-0.4, -0.2) is 46.7 Å². The standard InChI is InChI=1S/C8H11Cl3N2O2/c1-6(12-7(14)8(9,10)11)13-2-4-15-5-3-13/h2-5H2,1H3. The number of amidine groups is 1. The smallest absolute Gasteiger partial charge is 0.299 e. The van der Waals surface area contributed by atoms with E-state index in [9.17, 15) is 4.79 Å². The van der Waals surface area contributed by atoms with Crippen LogP contribution in [0.5, 0.6) is 0 Å². The lowest BCUT2D eigenvalue weighted by molar-refractivity contribution is -0.117. The molecular formula is C8H11Cl3N2O2. The minimum Gasteiger partial charge on any atom is -0.378 e.